The smallest absolute Gasteiger partial charge is 0.219 e. The number of anilines is 2. The van der Waals surface area contributed by atoms with E-state index in [4.69, 9.17) is 38.1 Å². The van der Waals surface area contributed by atoms with Gasteiger partial charge in [0.25, 0.3) is 0 Å². The minimum absolute atomic E-state index is 0.0870. The third-order valence-corrected chi connectivity index (χ3v) is 7.20. The van der Waals surface area contributed by atoms with Crippen molar-refractivity contribution < 1.29 is 18.3 Å². The Labute approximate surface area is 222 Å². The molecule has 4 aromatic rings. The summed E-state index contributed by atoms with van der Waals surface area (Å²) < 4.78 is 26.0. The maximum absolute atomic E-state index is 14.1. The van der Waals surface area contributed by atoms with Crippen LogP contribution >= 0.6 is 23.2 Å². The average Bonchev–Trinajstić information content (AvgIpc) is 3.33. The summed E-state index contributed by atoms with van der Waals surface area (Å²) in [5.41, 5.74) is 8.40. The van der Waals surface area contributed by atoms with Crippen LogP contribution in [0.2, 0.25) is 10.0 Å². The fraction of sp³-hybridized carbons (Fsp3) is 0.269. The Morgan fingerprint density at radius 1 is 1.14 bits per heavy atom. The Kier molecular flexibility index (Phi) is 6.83. The molecule has 2 N–H and O–H groups in total. The number of benzene rings is 1. The van der Waals surface area contributed by atoms with Crippen molar-refractivity contribution in [3.8, 4) is 16.9 Å². The van der Waals surface area contributed by atoms with Crippen molar-refractivity contribution in [3.63, 3.8) is 0 Å². The molecule has 192 valence electrons. The number of hydrogen-bond donors (Lipinski definition) is 1. The van der Waals surface area contributed by atoms with Crippen LogP contribution in [0.25, 0.3) is 22.1 Å². The van der Waals surface area contributed by atoms with E-state index in [-0.39, 0.29) is 27.5 Å². The molecule has 8 nitrogen and oxygen atoms in total. The van der Waals surface area contributed by atoms with Gasteiger partial charge >= 0.3 is 0 Å². The number of halogens is 3. The number of fused-ring (bicyclic) bond motifs is 1. The topological polar surface area (TPSA) is 97.7 Å². The molecule has 1 fully saturated rings. The molecule has 3 aromatic heterocycles. The van der Waals surface area contributed by atoms with Gasteiger partial charge in [0.15, 0.2) is 11.4 Å². The van der Waals surface area contributed by atoms with E-state index in [0.29, 0.717) is 29.6 Å². The van der Waals surface area contributed by atoms with E-state index in [1.165, 1.54) is 12.1 Å². The van der Waals surface area contributed by atoms with Gasteiger partial charge in [-0.25, -0.2) is 14.4 Å². The number of carbonyl (C=O) groups excluding carboxylic acids is 1. The quantitative estimate of drug-likeness (QED) is 0.321. The molecule has 5 rings (SSSR count). The van der Waals surface area contributed by atoms with Crippen LogP contribution in [0.3, 0.4) is 0 Å². The van der Waals surface area contributed by atoms with Gasteiger partial charge in [0, 0.05) is 67.2 Å². The molecule has 1 aromatic carbocycles. The van der Waals surface area contributed by atoms with E-state index in [0.717, 1.165) is 30.0 Å². The van der Waals surface area contributed by atoms with Crippen molar-refractivity contribution in [3.05, 3.63) is 64.3 Å². The molecule has 4 heterocycles. The molecule has 11 heteroatoms. The molecule has 0 spiro atoms. The number of carbonyl (C=O) groups is 1. The molecule has 0 unspecified atom stereocenters. The van der Waals surface area contributed by atoms with Crippen molar-refractivity contribution >= 4 is 51.7 Å². The first kappa shape index (κ1) is 25.1. The van der Waals surface area contributed by atoms with Gasteiger partial charge < -0.3 is 24.7 Å². The normalized spacial score (nSPS) is 14.7. The van der Waals surface area contributed by atoms with Crippen molar-refractivity contribution in [1.29, 1.82) is 0 Å². The third kappa shape index (κ3) is 4.76. The highest BCUT2D eigenvalue weighted by Gasteiger charge is 2.24. The Morgan fingerprint density at radius 2 is 1.89 bits per heavy atom. The minimum atomic E-state index is -0.733. The zero-order valence-corrected chi connectivity index (χ0v) is 21.7. The Hall–Kier alpha value is -3.56. The highest BCUT2D eigenvalue weighted by atomic mass is 35.5. The predicted molar refractivity (Wildman–Crippen MR) is 142 cm³/mol. The maximum Gasteiger partial charge on any atom is 0.219 e. The van der Waals surface area contributed by atoms with Crippen LogP contribution in [-0.4, -0.2) is 47.0 Å². The van der Waals surface area contributed by atoms with Crippen molar-refractivity contribution in [2.45, 2.75) is 20.0 Å². The van der Waals surface area contributed by atoms with Gasteiger partial charge in [-0.15, -0.1) is 0 Å². The van der Waals surface area contributed by atoms with Crippen molar-refractivity contribution in [2.75, 3.05) is 36.8 Å². The molecular formula is C26H24Cl2FN5O3. The Bertz CT molecular complexity index is 1470. The largest absolute Gasteiger partial charge is 0.478 e. The lowest BCUT2D eigenvalue weighted by Crippen LogP contribution is -2.48. The second kappa shape index (κ2) is 10.1. The highest BCUT2D eigenvalue weighted by molar-refractivity contribution is 6.36. The Balaban J connectivity index is 1.41. The average molecular weight is 544 g/mol. The monoisotopic (exact) mass is 543 g/mol. The van der Waals surface area contributed by atoms with Crippen LogP contribution in [0.4, 0.5) is 16.0 Å². The number of rotatable bonds is 5. The standard InChI is InChI=1S/C26H24Cl2FN5O3/c1-14(22-19(27)4-5-20(29)23(22)28)37-25-24-17(12-32-26(25)30)18(13-36-24)16-3-6-21(31-11-16)34-9-7-33(8-10-34)15(2)35/h3-6,11-14H,7-10H2,1-2H3,(H2,30,32)/t14-/m1/s1. The van der Waals surface area contributed by atoms with Crippen LogP contribution in [0.15, 0.2) is 47.3 Å². The molecule has 37 heavy (non-hydrogen) atoms. The summed E-state index contributed by atoms with van der Waals surface area (Å²) in [4.78, 5) is 24.5. The zero-order chi connectivity index (χ0) is 26.3. The van der Waals surface area contributed by atoms with Gasteiger partial charge in [0.2, 0.25) is 11.7 Å². The summed E-state index contributed by atoms with van der Waals surface area (Å²) in [5.74, 6) is 0.646. The first-order chi connectivity index (χ1) is 17.7. The summed E-state index contributed by atoms with van der Waals surface area (Å²) in [6.45, 7) is 6.07. The van der Waals surface area contributed by atoms with E-state index in [9.17, 15) is 9.18 Å². The van der Waals surface area contributed by atoms with Gasteiger partial charge in [0.1, 0.15) is 17.7 Å². The van der Waals surface area contributed by atoms with Crippen LogP contribution in [-0.2, 0) is 4.79 Å². The lowest BCUT2D eigenvalue weighted by molar-refractivity contribution is -0.129. The fourth-order valence-corrected chi connectivity index (χ4v) is 5.13. The third-order valence-electron chi connectivity index (χ3n) is 6.49. The second-order valence-corrected chi connectivity index (χ2v) is 9.57. The first-order valence-electron chi connectivity index (χ1n) is 11.7. The summed E-state index contributed by atoms with van der Waals surface area (Å²) >= 11 is 12.4. The van der Waals surface area contributed by atoms with Crippen LogP contribution in [0.5, 0.6) is 5.75 Å². The Morgan fingerprint density at radius 3 is 2.57 bits per heavy atom. The predicted octanol–water partition coefficient (Wildman–Crippen LogP) is 5.73. The molecule has 0 radical (unpaired) electrons. The number of ether oxygens (including phenoxy) is 1. The number of aromatic nitrogens is 2. The molecule has 0 bridgehead atoms. The van der Waals surface area contributed by atoms with E-state index in [1.54, 1.807) is 32.5 Å². The summed E-state index contributed by atoms with van der Waals surface area (Å²) in [5, 5.41) is 0.830. The SMILES string of the molecule is CC(=O)N1CCN(c2ccc(-c3coc4c(O[C@H](C)c5c(Cl)ccc(F)c5Cl)c(N)ncc34)cn2)CC1. The van der Waals surface area contributed by atoms with E-state index < -0.39 is 11.9 Å². The number of nitrogens with zero attached hydrogens (tertiary/aromatic N) is 4. The number of pyridine rings is 2. The summed E-state index contributed by atoms with van der Waals surface area (Å²) in [6.07, 6.45) is 4.23. The molecule has 1 aliphatic heterocycles. The van der Waals surface area contributed by atoms with E-state index in [2.05, 4.69) is 14.9 Å². The molecule has 1 saturated heterocycles. The number of nitrogens with two attached hydrogens (primary N) is 1. The number of amides is 1. The second-order valence-electron chi connectivity index (χ2n) is 8.78. The van der Waals surface area contributed by atoms with Gasteiger partial charge in [0.05, 0.1) is 16.7 Å². The van der Waals surface area contributed by atoms with Crippen LogP contribution in [0.1, 0.15) is 25.5 Å². The number of furan rings is 1. The van der Waals surface area contributed by atoms with E-state index >= 15 is 0 Å². The molecule has 0 saturated carbocycles. The van der Waals surface area contributed by atoms with Gasteiger partial charge in [-0.1, -0.05) is 23.2 Å². The minimum Gasteiger partial charge on any atom is -0.478 e. The van der Waals surface area contributed by atoms with Gasteiger partial charge in [-0.3, -0.25) is 4.79 Å². The number of piperazine rings is 1. The lowest BCUT2D eigenvalue weighted by atomic mass is 10.1. The van der Waals surface area contributed by atoms with Gasteiger partial charge in [-0.2, -0.15) is 0 Å². The first-order valence-corrected chi connectivity index (χ1v) is 12.4. The number of hydrogen-bond acceptors (Lipinski definition) is 7. The molecule has 1 aliphatic rings. The number of nitrogen functional groups attached to an aromatic ring is 1. The van der Waals surface area contributed by atoms with Gasteiger partial charge in [-0.05, 0) is 31.2 Å². The molecule has 0 aliphatic carbocycles. The van der Waals surface area contributed by atoms with Crippen molar-refractivity contribution in [1.82, 2.24) is 14.9 Å². The van der Waals surface area contributed by atoms with Crippen LogP contribution in [0, 0.1) is 5.82 Å². The van der Waals surface area contributed by atoms with Crippen LogP contribution < -0.4 is 15.4 Å². The van der Waals surface area contributed by atoms with E-state index in [1.807, 2.05) is 17.0 Å². The molecular weight excluding hydrogens is 520 g/mol. The summed E-state index contributed by atoms with van der Waals surface area (Å²) in [7, 11) is 0. The fourth-order valence-electron chi connectivity index (χ4n) is 4.45. The zero-order valence-electron chi connectivity index (χ0n) is 20.2. The summed E-state index contributed by atoms with van der Waals surface area (Å²) in [6, 6.07) is 6.51. The lowest BCUT2D eigenvalue weighted by Gasteiger charge is -2.34. The molecule has 1 amide bonds. The highest BCUT2D eigenvalue weighted by Crippen LogP contribution is 2.41. The molecule has 1 atom stereocenters. The maximum atomic E-state index is 14.1. The van der Waals surface area contributed by atoms with Crippen molar-refractivity contribution in [2.24, 2.45) is 0 Å².